The first-order valence-electron chi connectivity index (χ1n) is 11.0. The molecule has 2 nitrogen and oxygen atoms in total. The summed E-state index contributed by atoms with van der Waals surface area (Å²) in [6.07, 6.45) is 6.16. The highest BCUT2D eigenvalue weighted by molar-refractivity contribution is 5.95. The topological polar surface area (TPSA) is 26.3 Å². The average Bonchev–Trinajstić information content (AvgIpc) is 3.10. The van der Waals surface area contributed by atoms with Gasteiger partial charge >= 0.3 is 5.97 Å². The van der Waals surface area contributed by atoms with Crippen molar-refractivity contribution >= 4 is 16.7 Å². The van der Waals surface area contributed by atoms with E-state index in [0.717, 1.165) is 29.0 Å². The maximum atomic E-state index is 13.1. The lowest BCUT2D eigenvalue weighted by atomic mass is 9.64. The van der Waals surface area contributed by atoms with Crippen LogP contribution in [0.2, 0.25) is 0 Å². The molecule has 28 heavy (non-hydrogen) atoms. The predicted molar refractivity (Wildman–Crippen MR) is 113 cm³/mol. The van der Waals surface area contributed by atoms with Crippen molar-refractivity contribution in [2.75, 3.05) is 0 Å². The van der Waals surface area contributed by atoms with Crippen molar-refractivity contribution in [2.45, 2.75) is 65.4 Å². The Morgan fingerprint density at radius 2 is 1.71 bits per heavy atom. The van der Waals surface area contributed by atoms with Crippen molar-refractivity contribution in [1.29, 1.82) is 0 Å². The van der Waals surface area contributed by atoms with Gasteiger partial charge in [-0.3, -0.25) is 0 Å². The highest BCUT2D eigenvalue weighted by Crippen LogP contribution is 2.73. The molecule has 0 amide bonds. The van der Waals surface area contributed by atoms with Crippen molar-refractivity contribution < 1.29 is 9.53 Å². The molecule has 0 radical (unpaired) electrons. The van der Waals surface area contributed by atoms with Crippen LogP contribution in [-0.4, -0.2) is 11.6 Å². The Balaban J connectivity index is 1.44. The van der Waals surface area contributed by atoms with Crippen LogP contribution in [0.25, 0.3) is 10.8 Å². The Morgan fingerprint density at radius 3 is 2.50 bits per heavy atom. The van der Waals surface area contributed by atoms with Crippen LogP contribution in [0.1, 0.15) is 70.2 Å². The molecule has 5 atom stereocenters. The molecular formula is C26H32O2. The number of benzene rings is 2. The minimum Gasteiger partial charge on any atom is -0.455 e. The molecule has 3 fully saturated rings. The zero-order chi connectivity index (χ0) is 19.7. The Bertz CT molecular complexity index is 944. The van der Waals surface area contributed by atoms with Crippen LogP contribution in [0.5, 0.6) is 0 Å². The van der Waals surface area contributed by atoms with Gasteiger partial charge in [-0.1, -0.05) is 51.1 Å². The van der Waals surface area contributed by atoms with Gasteiger partial charge in [0.1, 0.15) is 5.60 Å². The van der Waals surface area contributed by atoms with Crippen LogP contribution in [-0.2, 0) is 4.74 Å². The Morgan fingerprint density at radius 1 is 0.964 bits per heavy atom. The third-order valence-electron chi connectivity index (χ3n) is 9.08. The first kappa shape index (κ1) is 18.2. The molecule has 3 saturated carbocycles. The molecule has 0 unspecified atom stereocenters. The number of fused-ring (bicyclic) bond motifs is 2. The maximum absolute atomic E-state index is 13.1. The van der Waals surface area contributed by atoms with E-state index in [2.05, 4.69) is 39.8 Å². The van der Waals surface area contributed by atoms with Gasteiger partial charge in [-0.2, -0.15) is 0 Å². The van der Waals surface area contributed by atoms with Crippen LogP contribution in [0.15, 0.2) is 42.5 Å². The highest BCUT2D eigenvalue weighted by Gasteiger charge is 2.68. The summed E-state index contributed by atoms with van der Waals surface area (Å²) in [6.45, 7) is 9.55. The zero-order valence-corrected chi connectivity index (χ0v) is 17.6. The molecule has 0 saturated heterocycles. The van der Waals surface area contributed by atoms with Gasteiger partial charge in [-0.15, -0.1) is 0 Å². The first-order valence-corrected chi connectivity index (χ1v) is 11.0. The molecule has 2 heteroatoms. The molecule has 0 N–H and O–H groups in total. The first-order chi connectivity index (χ1) is 13.3. The minimum atomic E-state index is -0.360. The number of carbonyl (C=O) groups excluding carboxylic acids is 1. The summed E-state index contributed by atoms with van der Waals surface area (Å²) in [6, 6.07) is 14.1. The van der Waals surface area contributed by atoms with E-state index < -0.39 is 0 Å². The second kappa shape index (κ2) is 5.84. The number of carbonyl (C=O) groups is 1. The minimum absolute atomic E-state index is 0.162. The summed E-state index contributed by atoms with van der Waals surface area (Å²) in [7, 11) is 0. The number of rotatable bonds is 2. The van der Waals surface area contributed by atoms with Crippen LogP contribution >= 0.6 is 0 Å². The molecule has 5 rings (SSSR count). The molecule has 3 aliphatic carbocycles. The lowest BCUT2D eigenvalue weighted by Gasteiger charge is -2.46. The van der Waals surface area contributed by atoms with E-state index in [9.17, 15) is 4.79 Å². The van der Waals surface area contributed by atoms with E-state index in [1.165, 1.54) is 25.7 Å². The maximum Gasteiger partial charge on any atom is 0.338 e. The molecule has 1 spiro atoms. The second-order valence-electron chi connectivity index (χ2n) is 10.6. The molecule has 0 aliphatic heterocycles. The lowest BCUT2D eigenvalue weighted by molar-refractivity contribution is -0.0882. The van der Waals surface area contributed by atoms with Gasteiger partial charge in [0.15, 0.2) is 0 Å². The van der Waals surface area contributed by atoms with Crippen LogP contribution in [0.3, 0.4) is 0 Å². The van der Waals surface area contributed by atoms with Gasteiger partial charge in [0.25, 0.3) is 0 Å². The van der Waals surface area contributed by atoms with Gasteiger partial charge in [0.05, 0.1) is 5.56 Å². The third kappa shape index (κ3) is 2.36. The largest absolute Gasteiger partial charge is 0.455 e. The van der Waals surface area contributed by atoms with Crippen molar-refractivity contribution in [3.05, 3.63) is 48.0 Å². The molecule has 2 aromatic rings. The predicted octanol–water partition coefficient (Wildman–Crippen LogP) is 6.63. The average molecular weight is 377 g/mol. The molecule has 0 aromatic heterocycles. The molecule has 0 heterocycles. The van der Waals surface area contributed by atoms with Crippen LogP contribution in [0.4, 0.5) is 0 Å². The number of esters is 1. The van der Waals surface area contributed by atoms with E-state index >= 15 is 0 Å². The fourth-order valence-electron chi connectivity index (χ4n) is 7.57. The van der Waals surface area contributed by atoms with E-state index in [1.54, 1.807) is 0 Å². The summed E-state index contributed by atoms with van der Waals surface area (Å²) in [5, 5.41) is 2.25. The zero-order valence-electron chi connectivity index (χ0n) is 17.6. The van der Waals surface area contributed by atoms with Crippen molar-refractivity contribution in [3.8, 4) is 0 Å². The van der Waals surface area contributed by atoms with Crippen molar-refractivity contribution in [2.24, 2.45) is 28.6 Å². The van der Waals surface area contributed by atoms with E-state index in [1.807, 2.05) is 30.3 Å². The van der Waals surface area contributed by atoms with Gasteiger partial charge in [0, 0.05) is 5.92 Å². The molecule has 2 aromatic carbocycles. The van der Waals surface area contributed by atoms with Crippen LogP contribution < -0.4 is 0 Å². The third-order valence-corrected chi connectivity index (χ3v) is 9.08. The van der Waals surface area contributed by atoms with Crippen LogP contribution in [0, 0.1) is 28.6 Å². The fourth-order valence-corrected chi connectivity index (χ4v) is 7.57. The Hall–Kier alpha value is -1.83. The van der Waals surface area contributed by atoms with Gasteiger partial charge < -0.3 is 4.74 Å². The summed E-state index contributed by atoms with van der Waals surface area (Å²) >= 11 is 0. The van der Waals surface area contributed by atoms with E-state index in [4.69, 9.17) is 4.74 Å². The van der Waals surface area contributed by atoms with Gasteiger partial charge in [-0.25, -0.2) is 4.79 Å². The summed E-state index contributed by atoms with van der Waals surface area (Å²) in [5.74, 6) is 1.87. The van der Waals surface area contributed by atoms with Crippen molar-refractivity contribution in [1.82, 2.24) is 0 Å². The second-order valence-corrected chi connectivity index (χ2v) is 10.6. The van der Waals surface area contributed by atoms with Gasteiger partial charge in [-0.05, 0) is 84.6 Å². The Labute approximate surface area is 168 Å². The number of hydrogen-bond donors (Lipinski definition) is 0. The highest BCUT2D eigenvalue weighted by atomic mass is 16.6. The Kier molecular flexibility index (Phi) is 3.80. The summed E-state index contributed by atoms with van der Waals surface area (Å²) in [5.41, 5.74) is 1.04. The molecule has 2 bridgehead atoms. The lowest BCUT2D eigenvalue weighted by Crippen LogP contribution is -2.47. The molecule has 148 valence electrons. The normalized spacial score (nSPS) is 38.4. The quantitative estimate of drug-likeness (QED) is 0.550. The fraction of sp³-hybridized carbons (Fsp3) is 0.577. The van der Waals surface area contributed by atoms with Crippen molar-refractivity contribution in [3.63, 3.8) is 0 Å². The summed E-state index contributed by atoms with van der Waals surface area (Å²) in [4.78, 5) is 13.1. The SMILES string of the molecule is C[C@@H]1CC[C@H]2C(C)(C)[C@H]3C[C@@]12CC[C@@]3(C)OC(=O)c1ccc2ccccc2c1. The standard InChI is InChI=1S/C26H32O2/c1-17-9-12-21-24(2,3)22-16-26(17,21)14-13-25(22,4)28-23(27)20-11-10-18-7-5-6-8-19(18)15-20/h5-8,10-11,15,17,21-22H,9,12-14,16H2,1-4H3/t17-,21+,22-,25-,26+/m1/s1. The number of ether oxygens (including phenoxy) is 1. The van der Waals surface area contributed by atoms with E-state index in [0.29, 0.717) is 16.9 Å². The van der Waals surface area contributed by atoms with Gasteiger partial charge in [0.2, 0.25) is 0 Å². The smallest absolute Gasteiger partial charge is 0.338 e. The number of hydrogen-bond acceptors (Lipinski definition) is 2. The van der Waals surface area contributed by atoms with E-state index in [-0.39, 0.29) is 17.0 Å². The monoisotopic (exact) mass is 376 g/mol. The molecule has 3 aliphatic rings. The molecular weight excluding hydrogens is 344 g/mol. The summed E-state index contributed by atoms with van der Waals surface area (Å²) < 4.78 is 6.34.